The number of hydrogen-bond acceptors (Lipinski definition) is 3. The first-order chi connectivity index (χ1) is 8.73. The summed E-state index contributed by atoms with van der Waals surface area (Å²) in [6, 6.07) is 7.93. The summed E-state index contributed by atoms with van der Waals surface area (Å²) in [6.07, 6.45) is 0. The van der Waals surface area contributed by atoms with Crippen molar-refractivity contribution in [3.63, 3.8) is 0 Å². The van der Waals surface area contributed by atoms with Gasteiger partial charge in [0.05, 0.1) is 6.04 Å². The zero-order valence-electron chi connectivity index (χ0n) is 11.5. The van der Waals surface area contributed by atoms with Crippen molar-refractivity contribution in [1.29, 1.82) is 0 Å². The highest BCUT2D eigenvalue weighted by Crippen LogP contribution is 2.22. The quantitative estimate of drug-likeness (QED) is 0.862. The van der Waals surface area contributed by atoms with Crippen LogP contribution in [0.25, 0.3) is 0 Å². The number of carbonyl (C=O) groups is 2. The molecule has 0 saturated heterocycles. The van der Waals surface area contributed by atoms with Crippen LogP contribution in [-0.2, 0) is 9.59 Å². The molecule has 1 atom stereocenters. The molecule has 0 aliphatic carbocycles. The van der Waals surface area contributed by atoms with Crippen LogP contribution in [0, 0.1) is 5.41 Å². The Bertz CT molecular complexity index is 452. The standard InChI is InChI=1S/C14H20N2O3/c1-14(2,3)12(15)13(19)16(9-11(17)18)10-7-5-4-6-8-10/h4-8,12H,9,15H2,1-3H3,(H,17,18)/t12-/m0/s1. The molecule has 1 rings (SSSR count). The summed E-state index contributed by atoms with van der Waals surface area (Å²) in [7, 11) is 0. The van der Waals surface area contributed by atoms with E-state index < -0.39 is 24.0 Å². The fraction of sp³-hybridized carbons (Fsp3) is 0.429. The SMILES string of the molecule is CC(C)(C)[C@@H](N)C(=O)N(CC(=O)O)c1ccccc1. The highest BCUT2D eigenvalue weighted by molar-refractivity contribution is 6.00. The number of rotatable bonds is 4. The van der Waals surface area contributed by atoms with E-state index >= 15 is 0 Å². The zero-order chi connectivity index (χ0) is 14.6. The normalized spacial score (nSPS) is 12.8. The van der Waals surface area contributed by atoms with Gasteiger partial charge < -0.3 is 10.8 Å². The maximum atomic E-state index is 12.4. The average molecular weight is 264 g/mol. The van der Waals surface area contributed by atoms with Crippen molar-refractivity contribution in [2.24, 2.45) is 11.1 Å². The van der Waals surface area contributed by atoms with Crippen LogP contribution in [0.2, 0.25) is 0 Å². The van der Waals surface area contributed by atoms with Gasteiger partial charge in [0, 0.05) is 5.69 Å². The van der Waals surface area contributed by atoms with Crippen LogP contribution in [0.1, 0.15) is 20.8 Å². The molecule has 0 radical (unpaired) electrons. The molecule has 1 amide bonds. The first kappa shape index (κ1) is 15.2. The summed E-state index contributed by atoms with van der Waals surface area (Å²) in [5.74, 6) is -1.46. The Kier molecular flexibility index (Phi) is 4.67. The Morgan fingerprint density at radius 3 is 2.21 bits per heavy atom. The van der Waals surface area contributed by atoms with Gasteiger partial charge in [0.1, 0.15) is 6.54 Å². The number of carboxylic acid groups (broad SMARTS) is 1. The lowest BCUT2D eigenvalue weighted by atomic mass is 9.86. The predicted molar refractivity (Wildman–Crippen MR) is 73.9 cm³/mol. The van der Waals surface area contributed by atoms with Crippen LogP contribution in [0.3, 0.4) is 0 Å². The Morgan fingerprint density at radius 1 is 1.26 bits per heavy atom. The number of anilines is 1. The van der Waals surface area contributed by atoms with Crippen molar-refractivity contribution in [3.8, 4) is 0 Å². The lowest BCUT2D eigenvalue weighted by Gasteiger charge is -2.31. The summed E-state index contributed by atoms with van der Waals surface area (Å²) in [6.45, 7) is 5.14. The molecule has 5 nitrogen and oxygen atoms in total. The van der Waals surface area contributed by atoms with Crippen molar-refractivity contribution in [2.75, 3.05) is 11.4 Å². The molecular formula is C14H20N2O3. The minimum atomic E-state index is -1.07. The van der Waals surface area contributed by atoms with Gasteiger partial charge in [-0.05, 0) is 17.5 Å². The van der Waals surface area contributed by atoms with Crippen molar-refractivity contribution < 1.29 is 14.7 Å². The number of aliphatic carboxylic acids is 1. The van der Waals surface area contributed by atoms with Crippen LogP contribution < -0.4 is 10.6 Å². The summed E-state index contributed by atoms with van der Waals surface area (Å²) in [4.78, 5) is 24.5. The van der Waals surface area contributed by atoms with E-state index in [0.717, 1.165) is 0 Å². The fourth-order valence-corrected chi connectivity index (χ4v) is 1.58. The monoisotopic (exact) mass is 264 g/mol. The highest BCUT2D eigenvalue weighted by Gasteiger charge is 2.32. The molecule has 0 aliphatic heterocycles. The Balaban J connectivity index is 3.05. The van der Waals surface area contributed by atoms with Crippen molar-refractivity contribution in [3.05, 3.63) is 30.3 Å². The minimum Gasteiger partial charge on any atom is -0.480 e. The third kappa shape index (κ3) is 4.06. The van der Waals surface area contributed by atoms with Crippen LogP contribution in [0.4, 0.5) is 5.69 Å². The molecule has 0 fully saturated rings. The Hall–Kier alpha value is -1.88. The van der Waals surface area contributed by atoms with E-state index in [9.17, 15) is 9.59 Å². The Morgan fingerprint density at radius 2 is 1.79 bits per heavy atom. The fourth-order valence-electron chi connectivity index (χ4n) is 1.58. The second kappa shape index (κ2) is 5.84. The number of carbonyl (C=O) groups excluding carboxylic acids is 1. The molecule has 104 valence electrons. The van der Waals surface area contributed by atoms with Crippen molar-refractivity contribution in [2.45, 2.75) is 26.8 Å². The maximum Gasteiger partial charge on any atom is 0.323 e. The first-order valence-corrected chi connectivity index (χ1v) is 6.07. The second-order valence-corrected chi connectivity index (χ2v) is 5.50. The molecule has 19 heavy (non-hydrogen) atoms. The Labute approximate surface area is 113 Å². The summed E-state index contributed by atoms with van der Waals surface area (Å²) in [5, 5.41) is 8.94. The molecule has 1 aromatic rings. The van der Waals surface area contributed by atoms with Gasteiger partial charge in [0.25, 0.3) is 0 Å². The van der Waals surface area contributed by atoms with Gasteiger partial charge in [-0.2, -0.15) is 0 Å². The van der Waals surface area contributed by atoms with E-state index in [1.165, 1.54) is 4.90 Å². The lowest BCUT2D eigenvalue weighted by molar-refractivity contribution is -0.137. The van der Waals surface area contributed by atoms with Gasteiger partial charge in [0.15, 0.2) is 0 Å². The van der Waals surface area contributed by atoms with Crippen LogP contribution in [0.5, 0.6) is 0 Å². The second-order valence-electron chi connectivity index (χ2n) is 5.50. The van der Waals surface area contributed by atoms with E-state index in [1.54, 1.807) is 30.3 Å². The number of carboxylic acids is 1. The highest BCUT2D eigenvalue weighted by atomic mass is 16.4. The zero-order valence-corrected chi connectivity index (χ0v) is 11.5. The van der Waals surface area contributed by atoms with E-state index in [1.807, 2.05) is 20.8 Å². The third-order valence-corrected chi connectivity index (χ3v) is 2.83. The summed E-state index contributed by atoms with van der Waals surface area (Å²) >= 11 is 0. The van der Waals surface area contributed by atoms with Crippen LogP contribution in [0.15, 0.2) is 30.3 Å². The molecule has 0 bridgehead atoms. The molecule has 1 aromatic carbocycles. The number of nitrogens with two attached hydrogens (primary N) is 1. The number of benzene rings is 1. The molecular weight excluding hydrogens is 244 g/mol. The largest absolute Gasteiger partial charge is 0.480 e. The van der Waals surface area contributed by atoms with Crippen molar-refractivity contribution >= 4 is 17.6 Å². The van der Waals surface area contributed by atoms with Crippen molar-refractivity contribution in [1.82, 2.24) is 0 Å². The van der Waals surface area contributed by atoms with Gasteiger partial charge in [-0.15, -0.1) is 0 Å². The minimum absolute atomic E-state index is 0.388. The van der Waals surface area contributed by atoms with Gasteiger partial charge in [-0.3, -0.25) is 14.5 Å². The molecule has 5 heteroatoms. The van der Waals surface area contributed by atoms with Crippen LogP contribution in [-0.4, -0.2) is 29.6 Å². The average Bonchev–Trinajstić information content (AvgIpc) is 2.34. The first-order valence-electron chi connectivity index (χ1n) is 6.07. The molecule has 0 unspecified atom stereocenters. The summed E-state index contributed by atoms with van der Waals surface area (Å²) < 4.78 is 0. The molecule has 0 saturated carbocycles. The van der Waals surface area contributed by atoms with Gasteiger partial charge in [-0.1, -0.05) is 39.0 Å². The van der Waals surface area contributed by atoms with E-state index in [4.69, 9.17) is 10.8 Å². The number of nitrogens with zero attached hydrogens (tertiary/aromatic N) is 1. The summed E-state index contributed by atoms with van der Waals surface area (Å²) in [5.41, 5.74) is 6.03. The van der Waals surface area contributed by atoms with Gasteiger partial charge >= 0.3 is 5.97 Å². The number of hydrogen-bond donors (Lipinski definition) is 2. The third-order valence-electron chi connectivity index (χ3n) is 2.83. The predicted octanol–water partition coefficient (Wildman–Crippen LogP) is 1.48. The molecule has 0 heterocycles. The van der Waals surface area contributed by atoms with Gasteiger partial charge in [0.2, 0.25) is 5.91 Å². The number of para-hydroxylation sites is 1. The van der Waals surface area contributed by atoms with E-state index in [0.29, 0.717) is 5.69 Å². The lowest BCUT2D eigenvalue weighted by Crippen LogP contribution is -2.51. The van der Waals surface area contributed by atoms with E-state index in [-0.39, 0.29) is 5.91 Å². The molecule has 3 N–H and O–H groups in total. The smallest absolute Gasteiger partial charge is 0.323 e. The molecule has 0 spiro atoms. The molecule has 0 aliphatic rings. The topological polar surface area (TPSA) is 83.6 Å². The number of amides is 1. The van der Waals surface area contributed by atoms with E-state index in [2.05, 4.69) is 0 Å². The van der Waals surface area contributed by atoms with Crippen LogP contribution >= 0.6 is 0 Å². The maximum absolute atomic E-state index is 12.4. The molecule has 0 aromatic heterocycles. The van der Waals surface area contributed by atoms with Gasteiger partial charge in [-0.25, -0.2) is 0 Å².